The van der Waals surface area contributed by atoms with E-state index in [0.29, 0.717) is 6.10 Å². The van der Waals surface area contributed by atoms with Crippen molar-refractivity contribution in [3.63, 3.8) is 0 Å². The Kier molecular flexibility index (Phi) is 3.51. The van der Waals surface area contributed by atoms with Crippen LogP contribution in [0.2, 0.25) is 0 Å². The van der Waals surface area contributed by atoms with Gasteiger partial charge < -0.3 is 4.74 Å². The van der Waals surface area contributed by atoms with Crippen LogP contribution in [0.3, 0.4) is 0 Å². The van der Waals surface area contributed by atoms with Crippen LogP contribution in [0.25, 0.3) is 0 Å². The van der Waals surface area contributed by atoms with E-state index in [9.17, 15) is 0 Å². The maximum Gasteiger partial charge on any atom is 0.0737 e. The van der Waals surface area contributed by atoms with Crippen LogP contribution in [0.4, 0.5) is 0 Å². The van der Waals surface area contributed by atoms with Gasteiger partial charge in [-0.1, -0.05) is 6.08 Å². The van der Waals surface area contributed by atoms with Crippen molar-refractivity contribution in [2.75, 3.05) is 19.7 Å². The van der Waals surface area contributed by atoms with Gasteiger partial charge in [-0.15, -0.1) is 6.58 Å². The van der Waals surface area contributed by atoms with Crippen LogP contribution in [-0.2, 0) is 4.74 Å². The lowest BCUT2D eigenvalue weighted by Crippen LogP contribution is -2.51. The first-order valence-electron chi connectivity index (χ1n) is 5.01. The summed E-state index contributed by atoms with van der Waals surface area (Å²) < 4.78 is 5.63. The van der Waals surface area contributed by atoms with Crippen LogP contribution in [0.1, 0.15) is 27.2 Å². The summed E-state index contributed by atoms with van der Waals surface area (Å²) in [7, 11) is 0. The average molecular weight is 183 g/mol. The predicted octanol–water partition coefficient (Wildman–Crippen LogP) is 2.06. The van der Waals surface area contributed by atoms with E-state index >= 15 is 0 Å². The molecule has 1 rings (SSSR count). The van der Waals surface area contributed by atoms with Crippen LogP contribution < -0.4 is 0 Å². The van der Waals surface area contributed by atoms with Crippen molar-refractivity contribution in [2.45, 2.75) is 38.8 Å². The summed E-state index contributed by atoms with van der Waals surface area (Å²) >= 11 is 0. The molecule has 0 aromatic rings. The Labute approximate surface area is 81.6 Å². The molecule has 0 aliphatic carbocycles. The van der Waals surface area contributed by atoms with Gasteiger partial charge in [0.1, 0.15) is 0 Å². The average Bonchev–Trinajstić information content (AvgIpc) is 2.04. The lowest BCUT2D eigenvalue weighted by atomic mass is 10.0. The van der Waals surface area contributed by atoms with Gasteiger partial charge in [0, 0.05) is 18.6 Å². The van der Waals surface area contributed by atoms with Gasteiger partial charge in [-0.3, -0.25) is 4.90 Å². The molecular weight excluding hydrogens is 162 g/mol. The molecule has 1 fully saturated rings. The zero-order valence-electron chi connectivity index (χ0n) is 9.05. The minimum Gasteiger partial charge on any atom is -0.375 e. The van der Waals surface area contributed by atoms with E-state index in [0.717, 1.165) is 26.1 Å². The number of hydrogen-bond acceptors (Lipinski definition) is 2. The minimum atomic E-state index is 0.267. The molecule has 1 heterocycles. The zero-order valence-corrected chi connectivity index (χ0v) is 9.05. The molecular formula is C11H21NO. The van der Waals surface area contributed by atoms with E-state index in [1.165, 1.54) is 0 Å². The highest BCUT2D eigenvalue weighted by Crippen LogP contribution is 2.18. The number of ether oxygens (including phenoxy) is 1. The summed E-state index contributed by atoms with van der Waals surface area (Å²) in [6, 6.07) is 0. The summed E-state index contributed by atoms with van der Waals surface area (Å²) in [6.45, 7) is 13.5. The van der Waals surface area contributed by atoms with Gasteiger partial charge in [-0.25, -0.2) is 0 Å². The van der Waals surface area contributed by atoms with Gasteiger partial charge in [0.25, 0.3) is 0 Å². The van der Waals surface area contributed by atoms with Gasteiger partial charge >= 0.3 is 0 Å². The van der Waals surface area contributed by atoms with Gasteiger partial charge in [-0.2, -0.15) is 0 Å². The number of morpholine rings is 1. The van der Waals surface area contributed by atoms with E-state index in [-0.39, 0.29) is 5.54 Å². The Bertz CT molecular complexity index is 171. The predicted molar refractivity (Wildman–Crippen MR) is 55.9 cm³/mol. The summed E-state index contributed by atoms with van der Waals surface area (Å²) in [4.78, 5) is 2.48. The van der Waals surface area contributed by atoms with Gasteiger partial charge in [-0.05, 0) is 27.2 Å². The fourth-order valence-electron chi connectivity index (χ4n) is 1.66. The number of nitrogens with zero attached hydrogens (tertiary/aromatic N) is 1. The van der Waals surface area contributed by atoms with Crippen LogP contribution in [0, 0.1) is 0 Å². The number of rotatable bonds is 2. The molecule has 2 heteroatoms. The first kappa shape index (κ1) is 10.7. The molecule has 1 saturated heterocycles. The highest BCUT2D eigenvalue weighted by Gasteiger charge is 2.27. The molecule has 1 atom stereocenters. The molecule has 0 bridgehead atoms. The summed E-state index contributed by atoms with van der Waals surface area (Å²) in [5, 5.41) is 0. The van der Waals surface area contributed by atoms with Crippen molar-refractivity contribution in [1.82, 2.24) is 4.90 Å². The fourth-order valence-corrected chi connectivity index (χ4v) is 1.66. The topological polar surface area (TPSA) is 12.5 Å². The maximum absolute atomic E-state index is 5.63. The molecule has 0 aromatic heterocycles. The second-order valence-electron chi connectivity index (χ2n) is 4.63. The summed E-state index contributed by atoms with van der Waals surface area (Å²) in [5.41, 5.74) is 0.267. The molecule has 2 nitrogen and oxygen atoms in total. The quantitative estimate of drug-likeness (QED) is 0.608. The third-order valence-corrected chi connectivity index (χ3v) is 2.52. The third kappa shape index (κ3) is 3.12. The van der Waals surface area contributed by atoms with Gasteiger partial charge in [0.05, 0.1) is 12.7 Å². The molecule has 0 radical (unpaired) electrons. The van der Waals surface area contributed by atoms with E-state index in [2.05, 4.69) is 32.3 Å². The smallest absolute Gasteiger partial charge is 0.0737 e. The van der Waals surface area contributed by atoms with Crippen molar-refractivity contribution >= 4 is 0 Å². The summed E-state index contributed by atoms with van der Waals surface area (Å²) in [5.74, 6) is 0. The molecule has 1 aliphatic rings. The van der Waals surface area contributed by atoms with E-state index < -0.39 is 0 Å². The van der Waals surface area contributed by atoms with Crippen LogP contribution in [0.15, 0.2) is 12.7 Å². The van der Waals surface area contributed by atoms with Gasteiger partial charge in [0.15, 0.2) is 0 Å². The molecule has 0 saturated carbocycles. The van der Waals surface area contributed by atoms with E-state index in [4.69, 9.17) is 4.74 Å². The Morgan fingerprint density at radius 2 is 2.23 bits per heavy atom. The van der Waals surface area contributed by atoms with Gasteiger partial charge in [0.2, 0.25) is 0 Å². The van der Waals surface area contributed by atoms with Crippen molar-refractivity contribution in [1.29, 1.82) is 0 Å². The SMILES string of the molecule is C=CCC1CN(C(C)(C)C)CCO1. The van der Waals surface area contributed by atoms with Crippen LogP contribution >= 0.6 is 0 Å². The molecule has 76 valence electrons. The second kappa shape index (κ2) is 4.25. The highest BCUT2D eigenvalue weighted by molar-refractivity contribution is 4.84. The van der Waals surface area contributed by atoms with Crippen molar-refractivity contribution < 1.29 is 4.74 Å². The molecule has 13 heavy (non-hydrogen) atoms. The first-order chi connectivity index (χ1) is 6.04. The van der Waals surface area contributed by atoms with Crippen LogP contribution in [-0.4, -0.2) is 36.2 Å². The Balaban J connectivity index is 2.46. The highest BCUT2D eigenvalue weighted by atomic mass is 16.5. The first-order valence-corrected chi connectivity index (χ1v) is 5.01. The standard InChI is InChI=1S/C11H21NO/c1-5-6-10-9-12(7-8-13-10)11(2,3)4/h5,10H,1,6-9H2,2-4H3. The van der Waals surface area contributed by atoms with Crippen LogP contribution in [0.5, 0.6) is 0 Å². The largest absolute Gasteiger partial charge is 0.375 e. The molecule has 0 N–H and O–H groups in total. The zero-order chi connectivity index (χ0) is 9.90. The summed E-state index contributed by atoms with van der Waals surface area (Å²) in [6.07, 6.45) is 3.26. The maximum atomic E-state index is 5.63. The fraction of sp³-hybridized carbons (Fsp3) is 0.818. The van der Waals surface area contributed by atoms with Crippen molar-refractivity contribution in [3.8, 4) is 0 Å². The Morgan fingerprint density at radius 1 is 1.54 bits per heavy atom. The second-order valence-corrected chi connectivity index (χ2v) is 4.63. The molecule has 0 amide bonds. The molecule has 0 spiro atoms. The normalized spacial score (nSPS) is 25.9. The molecule has 1 unspecified atom stereocenters. The van der Waals surface area contributed by atoms with Crippen molar-refractivity contribution in [3.05, 3.63) is 12.7 Å². The lowest BCUT2D eigenvalue weighted by molar-refractivity contribution is -0.0560. The molecule has 1 aliphatic heterocycles. The van der Waals surface area contributed by atoms with E-state index in [1.54, 1.807) is 0 Å². The monoisotopic (exact) mass is 183 g/mol. The van der Waals surface area contributed by atoms with E-state index in [1.807, 2.05) is 6.08 Å². The Morgan fingerprint density at radius 3 is 2.77 bits per heavy atom. The molecule has 0 aromatic carbocycles. The third-order valence-electron chi connectivity index (χ3n) is 2.52. The lowest BCUT2D eigenvalue weighted by Gasteiger charge is -2.41. The van der Waals surface area contributed by atoms with Crippen molar-refractivity contribution in [2.24, 2.45) is 0 Å². The Hall–Kier alpha value is -0.340. The minimum absolute atomic E-state index is 0.267. The number of hydrogen-bond donors (Lipinski definition) is 0.